The lowest BCUT2D eigenvalue weighted by molar-refractivity contribution is 0.249. The van der Waals surface area contributed by atoms with Crippen LogP contribution < -0.4 is 0 Å². The second-order valence-corrected chi connectivity index (χ2v) is 6.16. The molecule has 1 aliphatic carbocycles. The zero-order valence-corrected chi connectivity index (χ0v) is 13.8. The molecule has 0 fully saturated rings. The van der Waals surface area contributed by atoms with Gasteiger partial charge in [0.1, 0.15) is 0 Å². The summed E-state index contributed by atoms with van der Waals surface area (Å²) in [6.07, 6.45) is 7.88. The average Bonchev–Trinajstić information content (AvgIpc) is 2.63. The van der Waals surface area contributed by atoms with Crippen molar-refractivity contribution in [2.75, 3.05) is 0 Å². The topological polar surface area (TPSA) is 23.8 Å². The van der Waals surface area contributed by atoms with Crippen molar-refractivity contribution in [3.63, 3.8) is 0 Å². The van der Waals surface area contributed by atoms with Crippen molar-refractivity contribution < 1.29 is 4.39 Å². The van der Waals surface area contributed by atoms with Gasteiger partial charge in [0.15, 0.2) is 5.67 Å². The van der Waals surface area contributed by atoms with E-state index in [1.165, 1.54) is 0 Å². The lowest BCUT2D eigenvalue weighted by Crippen LogP contribution is -2.23. The lowest BCUT2D eigenvalue weighted by Gasteiger charge is -2.30. The van der Waals surface area contributed by atoms with Gasteiger partial charge in [-0.05, 0) is 35.2 Å². The van der Waals surface area contributed by atoms with Crippen molar-refractivity contribution >= 4 is 5.57 Å². The Morgan fingerprint density at radius 1 is 1.17 bits per heavy atom. The highest BCUT2D eigenvalue weighted by Crippen LogP contribution is 2.45. The minimum absolute atomic E-state index is 0.311. The van der Waals surface area contributed by atoms with Crippen LogP contribution in [0.2, 0.25) is 0 Å². The zero-order valence-electron chi connectivity index (χ0n) is 13.8. The van der Waals surface area contributed by atoms with E-state index in [0.29, 0.717) is 23.1 Å². The van der Waals surface area contributed by atoms with Crippen LogP contribution in [0.25, 0.3) is 5.57 Å². The second kappa shape index (κ2) is 6.84. The smallest absolute Gasteiger partial charge is 0.165 e. The first-order chi connectivity index (χ1) is 11.7. The summed E-state index contributed by atoms with van der Waals surface area (Å²) in [5, 5.41) is 9.13. The van der Waals surface area contributed by atoms with Gasteiger partial charge in [-0.15, -0.1) is 0 Å². The van der Waals surface area contributed by atoms with Crippen molar-refractivity contribution in [2.45, 2.75) is 31.9 Å². The van der Waals surface area contributed by atoms with E-state index in [2.05, 4.69) is 19.1 Å². The molecule has 0 N–H and O–H groups in total. The molecule has 2 aromatic rings. The van der Waals surface area contributed by atoms with Crippen LogP contribution in [0.1, 0.15) is 42.0 Å². The molecule has 1 atom stereocenters. The van der Waals surface area contributed by atoms with Crippen molar-refractivity contribution in [1.82, 2.24) is 0 Å². The largest absolute Gasteiger partial charge is 0.233 e. The number of allylic oxidation sites excluding steroid dienone is 4. The van der Waals surface area contributed by atoms with Gasteiger partial charge in [-0.2, -0.15) is 5.26 Å². The van der Waals surface area contributed by atoms with E-state index in [1.54, 1.807) is 18.2 Å². The molecule has 0 radical (unpaired) electrons. The van der Waals surface area contributed by atoms with E-state index >= 15 is 4.39 Å². The minimum Gasteiger partial charge on any atom is -0.233 e. The van der Waals surface area contributed by atoms with Crippen LogP contribution in [0.4, 0.5) is 4.39 Å². The Morgan fingerprint density at radius 3 is 2.79 bits per heavy atom. The molecule has 0 heterocycles. The van der Waals surface area contributed by atoms with Crippen molar-refractivity contribution in [2.24, 2.45) is 0 Å². The van der Waals surface area contributed by atoms with E-state index < -0.39 is 5.67 Å². The van der Waals surface area contributed by atoms with E-state index in [0.717, 1.165) is 24.0 Å². The number of alkyl halides is 1. The highest BCUT2D eigenvalue weighted by molar-refractivity contribution is 5.77. The van der Waals surface area contributed by atoms with Gasteiger partial charge in [-0.25, -0.2) is 4.39 Å². The number of benzene rings is 2. The second-order valence-electron chi connectivity index (χ2n) is 6.16. The summed E-state index contributed by atoms with van der Waals surface area (Å²) in [5.74, 6) is 0. The molecule has 0 aliphatic heterocycles. The number of nitrogens with zero attached hydrogens (tertiary/aromatic N) is 1. The first-order valence-electron chi connectivity index (χ1n) is 8.33. The Kier molecular flexibility index (Phi) is 4.62. The molecule has 1 nitrogen and oxygen atoms in total. The van der Waals surface area contributed by atoms with Crippen molar-refractivity contribution in [3.05, 3.63) is 89.0 Å². The van der Waals surface area contributed by atoms with E-state index in [1.807, 2.05) is 42.5 Å². The summed E-state index contributed by atoms with van der Waals surface area (Å²) in [7, 11) is 0. The van der Waals surface area contributed by atoms with Gasteiger partial charge >= 0.3 is 0 Å². The summed E-state index contributed by atoms with van der Waals surface area (Å²) in [6.45, 7) is 2.12. The predicted molar refractivity (Wildman–Crippen MR) is 96.1 cm³/mol. The lowest BCUT2D eigenvalue weighted by atomic mass is 9.78. The summed E-state index contributed by atoms with van der Waals surface area (Å²) in [4.78, 5) is 0. The number of aryl methyl sites for hydroxylation is 1. The number of hydrogen-bond acceptors (Lipinski definition) is 1. The van der Waals surface area contributed by atoms with E-state index in [4.69, 9.17) is 5.26 Å². The quantitative estimate of drug-likeness (QED) is 0.707. The molecular formula is C22H20FN. The van der Waals surface area contributed by atoms with Crippen molar-refractivity contribution in [1.29, 1.82) is 5.26 Å². The number of halogens is 1. The zero-order chi connectivity index (χ0) is 17.0. The molecule has 3 rings (SSSR count). The monoisotopic (exact) mass is 317 g/mol. The molecule has 120 valence electrons. The fraction of sp³-hybridized carbons (Fsp3) is 0.227. The molecule has 1 aliphatic rings. The Hall–Kier alpha value is -2.66. The van der Waals surface area contributed by atoms with Gasteiger partial charge in [-0.3, -0.25) is 0 Å². The van der Waals surface area contributed by atoms with E-state index in [9.17, 15) is 0 Å². The van der Waals surface area contributed by atoms with Crippen LogP contribution in [-0.4, -0.2) is 0 Å². The third-order valence-electron chi connectivity index (χ3n) is 4.45. The summed E-state index contributed by atoms with van der Waals surface area (Å²) in [5.41, 5.74) is 2.22. The predicted octanol–water partition coefficient (Wildman–Crippen LogP) is 5.72. The molecule has 1 unspecified atom stereocenters. The van der Waals surface area contributed by atoms with Gasteiger partial charge in [-0.1, -0.05) is 68.0 Å². The third kappa shape index (κ3) is 3.03. The van der Waals surface area contributed by atoms with Crippen LogP contribution in [0.5, 0.6) is 0 Å². The Balaban J connectivity index is 2.07. The Morgan fingerprint density at radius 2 is 2.00 bits per heavy atom. The minimum atomic E-state index is -1.56. The molecular weight excluding hydrogens is 297 g/mol. The molecule has 0 bridgehead atoms. The molecule has 2 heteroatoms. The first kappa shape index (κ1) is 16.2. The normalized spacial score (nSPS) is 19.6. The first-order valence-corrected chi connectivity index (χ1v) is 8.33. The van der Waals surface area contributed by atoms with Gasteiger partial charge in [0.25, 0.3) is 0 Å². The molecule has 0 saturated heterocycles. The van der Waals surface area contributed by atoms with Crippen LogP contribution >= 0.6 is 0 Å². The fourth-order valence-electron chi connectivity index (χ4n) is 3.25. The molecule has 0 saturated carbocycles. The van der Waals surface area contributed by atoms with Crippen LogP contribution in [0.15, 0.2) is 66.8 Å². The van der Waals surface area contributed by atoms with Gasteiger partial charge in [0.2, 0.25) is 0 Å². The molecule has 24 heavy (non-hydrogen) atoms. The third-order valence-corrected chi connectivity index (χ3v) is 4.45. The maximum absolute atomic E-state index is 16.1. The average molecular weight is 317 g/mol. The van der Waals surface area contributed by atoms with Crippen LogP contribution in [-0.2, 0) is 12.1 Å². The Bertz CT molecular complexity index is 841. The van der Waals surface area contributed by atoms with Gasteiger partial charge < -0.3 is 0 Å². The van der Waals surface area contributed by atoms with Gasteiger partial charge in [0.05, 0.1) is 11.6 Å². The highest BCUT2D eigenvalue weighted by Gasteiger charge is 2.37. The number of rotatable bonds is 4. The molecule has 0 aromatic heterocycles. The Labute approximate surface area is 142 Å². The van der Waals surface area contributed by atoms with E-state index in [-0.39, 0.29) is 0 Å². The summed E-state index contributed by atoms with van der Waals surface area (Å²) < 4.78 is 16.1. The summed E-state index contributed by atoms with van der Waals surface area (Å²) in [6, 6.07) is 17.1. The number of hydrogen-bond donors (Lipinski definition) is 0. The van der Waals surface area contributed by atoms with Crippen molar-refractivity contribution in [3.8, 4) is 6.07 Å². The molecule has 0 amide bonds. The standard InChI is InChI=1S/C22H20FN/c1-2-7-17-8-6-11-20(15-17)22(23)13-4-3-12-21(22)19-10-5-9-18(14-19)16-24/h3-6,8-12,14-15H,2,7,13H2,1H3. The van der Waals surface area contributed by atoms with Crippen LogP contribution in [0, 0.1) is 11.3 Å². The van der Waals surface area contributed by atoms with Gasteiger partial charge in [0, 0.05) is 12.0 Å². The highest BCUT2D eigenvalue weighted by atomic mass is 19.1. The number of nitriles is 1. The molecule has 2 aromatic carbocycles. The maximum Gasteiger partial charge on any atom is 0.165 e. The summed E-state index contributed by atoms with van der Waals surface area (Å²) >= 11 is 0. The fourth-order valence-corrected chi connectivity index (χ4v) is 3.25. The SMILES string of the molecule is CCCc1cccc(C2(F)CC=CC=C2c2cccc(C#N)c2)c1. The maximum atomic E-state index is 16.1. The van der Waals surface area contributed by atoms with Crippen LogP contribution in [0.3, 0.4) is 0 Å². The molecule has 0 spiro atoms.